The number of aromatic nitrogens is 4. The van der Waals surface area contributed by atoms with Gasteiger partial charge in [-0.15, -0.1) is 0 Å². The van der Waals surface area contributed by atoms with E-state index in [0.717, 1.165) is 39.0 Å². The van der Waals surface area contributed by atoms with E-state index in [2.05, 4.69) is 31.3 Å². The highest BCUT2D eigenvalue weighted by Gasteiger charge is 2.16. The number of anilines is 1. The number of carbonyl (C=O) groups is 1. The Morgan fingerprint density at radius 3 is 2.70 bits per heavy atom. The van der Waals surface area contributed by atoms with E-state index in [-0.39, 0.29) is 5.91 Å². The lowest BCUT2D eigenvalue weighted by atomic mass is 10.0. The van der Waals surface area contributed by atoms with Gasteiger partial charge in [0, 0.05) is 65.0 Å². The molecule has 0 radical (unpaired) electrons. The van der Waals surface area contributed by atoms with E-state index < -0.39 is 0 Å². The van der Waals surface area contributed by atoms with Crippen molar-refractivity contribution in [1.82, 2.24) is 24.8 Å². The van der Waals surface area contributed by atoms with Crippen LogP contribution in [0.5, 0.6) is 11.6 Å². The maximum absolute atomic E-state index is 12.3. The Hall–Kier alpha value is -5.02. The quantitative estimate of drug-likeness (QED) is 0.233. The Kier molecular flexibility index (Phi) is 8.13. The standard InChI is InChI=1S/C31H30N6O3/c1-37(2)13-7-11-29(38)36-23-10-6-8-21(14-23)22-15-26-27(18-35-31(26)34-17-22)25-16-30(39-3)33-19-28(25)40-20-24-9-4-5-12-32-24/h4-12,14-19H,13,20H2,1-3H3,(H,34,35)(H,36,38)/b11-7+. The second kappa shape index (κ2) is 12.2. The van der Waals surface area contributed by atoms with Crippen LogP contribution in [0, 0.1) is 0 Å². The van der Waals surface area contributed by atoms with Crippen molar-refractivity contribution in [3.05, 3.63) is 97.2 Å². The van der Waals surface area contributed by atoms with Gasteiger partial charge in [0.15, 0.2) is 0 Å². The Morgan fingerprint density at radius 2 is 1.90 bits per heavy atom. The number of carbonyl (C=O) groups excluding carboxylic acids is 1. The lowest BCUT2D eigenvalue weighted by molar-refractivity contribution is -0.111. The molecule has 0 saturated heterocycles. The zero-order valence-electron chi connectivity index (χ0n) is 22.6. The Bertz CT molecular complexity index is 1650. The van der Waals surface area contributed by atoms with Crippen LogP contribution >= 0.6 is 0 Å². The summed E-state index contributed by atoms with van der Waals surface area (Å²) < 4.78 is 11.6. The molecule has 4 heterocycles. The molecule has 5 rings (SSSR count). The largest absolute Gasteiger partial charge is 0.485 e. The number of ether oxygens (including phenoxy) is 2. The van der Waals surface area contributed by atoms with Crippen molar-refractivity contribution >= 4 is 22.6 Å². The summed E-state index contributed by atoms with van der Waals surface area (Å²) in [6.07, 6.45) is 10.5. The molecule has 202 valence electrons. The van der Waals surface area contributed by atoms with Gasteiger partial charge in [-0.1, -0.05) is 24.3 Å². The van der Waals surface area contributed by atoms with Crippen LogP contribution < -0.4 is 14.8 Å². The number of amides is 1. The van der Waals surface area contributed by atoms with Crippen molar-refractivity contribution in [1.29, 1.82) is 0 Å². The molecular formula is C31H30N6O3. The first-order valence-electron chi connectivity index (χ1n) is 12.8. The number of likely N-dealkylation sites (N-methyl/N-ethyl adjacent to an activating group) is 1. The molecule has 1 amide bonds. The van der Waals surface area contributed by atoms with E-state index in [0.29, 0.717) is 30.5 Å². The van der Waals surface area contributed by atoms with Gasteiger partial charge in [-0.3, -0.25) is 9.78 Å². The van der Waals surface area contributed by atoms with Crippen molar-refractivity contribution < 1.29 is 14.3 Å². The summed E-state index contributed by atoms with van der Waals surface area (Å²) in [7, 11) is 5.49. The van der Waals surface area contributed by atoms with Gasteiger partial charge in [0.1, 0.15) is 18.0 Å². The molecule has 9 nitrogen and oxygen atoms in total. The first kappa shape index (κ1) is 26.6. The van der Waals surface area contributed by atoms with Gasteiger partial charge in [0.05, 0.1) is 19.0 Å². The average Bonchev–Trinajstić information content (AvgIpc) is 3.39. The molecule has 40 heavy (non-hydrogen) atoms. The number of nitrogens with zero attached hydrogens (tertiary/aromatic N) is 4. The summed E-state index contributed by atoms with van der Waals surface area (Å²) in [6, 6.07) is 17.3. The number of methoxy groups -OCH3 is 1. The van der Waals surface area contributed by atoms with E-state index in [1.54, 1.807) is 25.6 Å². The maximum Gasteiger partial charge on any atom is 0.248 e. The number of nitrogens with one attached hydrogen (secondary N) is 2. The minimum Gasteiger partial charge on any atom is -0.485 e. The summed E-state index contributed by atoms with van der Waals surface area (Å²) >= 11 is 0. The molecule has 0 bridgehead atoms. The van der Waals surface area contributed by atoms with Crippen molar-refractivity contribution in [3.8, 4) is 33.9 Å². The van der Waals surface area contributed by atoms with Gasteiger partial charge < -0.3 is 24.7 Å². The van der Waals surface area contributed by atoms with Crippen molar-refractivity contribution in [2.75, 3.05) is 33.1 Å². The summed E-state index contributed by atoms with van der Waals surface area (Å²) in [4.78, 5) is 30.9. The van der Waals surface area contributed by atoms with Crippen molar-refractivity contribution in [2.45, 2.75) is 6.61 Å². The molecule has 2 N–H and O–H groups in total. The van der Waals surface area contributed by atoms with Gasteiger partial charge in [-0.25, -0.2) is 9.97 Å². The van der Waals surface area contributed by atoms with Crippen LogP contribution in [0.4, 0.5) is 5.69 Å². The number of hydrogen-bond acceptors (Lipinski definition) is 7. The van der Waals surface area contributed by atoms with Crippen LogP contribution in [0.2, 0.25) is 0 Å². The van der Waals surface area contributed by atoms with Crippen LogP contribution in [-0.4, -0.2) is 58.5 Å². The average molecular weight is 535 g/mol. The number of hydrogen-bond donors (Lipinski definition) is 2. The fraction of sp³-hybridized carbons (Fsp3) is 0.161. The van der Waals surface area contributed by atoms with Gasteiger partial charge in [-0.05, 0) is 50.0 Å². The number of pyridine rings is 3. The third-order valence-corrected chi connectivity index (χ3v) is 6.18. The molecule has 0 unspecified atom stereocenters. The van der Waals surface area contributed by atoms with Crippen LogP contribution in [0.15, 0.2) is 91.5 Å². The highest BCUT2D eigenvalue weighted by atomic mass is 16.5. The third kappa shape index (κ3) is 6.33. The van der Waals surface area contributed by atoms with E-state index in [9.17, 15) is 4.79 Å². The maximum atomic E-state index is 12.3. The minimum atomic E-state index is -0.176. The van der Waals surface area contributed by atoms with Gasteiger partial charge in [0.2, 0.25) is 11.8 Å². The van der Waals surface area contributed by atoms with Gasteiger partial charge >= 0.3 is 0 Å². The topological polar surface area (TPSA) is 105 Å². The summed E-state index contributed by atoms with van der Waals surface area (Å²) in [5, 5.41) is 3.84. The van der Waals surface area contributed by atoms with Crippen LogP contribution in [0.1, 0.15) is 5.69 Å². The molecular weight excluding hydrogens is 504 g/mol. The summed E-state index contributed by atoms with van der Waals surface area (Å²) in [5.41, 5.74) is 5.80. The molecule has 0 spiro atoms. The molecule has 1 aromatic carbocycles. The monoisotopic (exact) mass is 534 g/mol. The molecule has 0 aliphatic carbocycles. The molecule has 0 atom stereocenters. The number of benzene rings is 1. The fourth-order valence-corrected chi connectivity index (χ4v) is 4.21. The Balaban J connectivity index is 1.45. The first-order chi connectivity index (χ1) is 19.5. The first-order valence-corrected chi connectivity index (χ1v) is 12.8. The minimum absolute atomic E-state index is 0.176. The zero-order chi connectivity index (χ0) is 27.9. The lowest BCUT2D eigenvalue weighted by Crippen LogP contribution is -2.12. The SMILES string of the molecule is COc1cc(-c2c[nH]c3ncc(-c4cccc(NC(=O)/C=C/CN(C)C)c4)cc23)c(OCc2ccccn2)cn1. The van der Waals surface area contributed by atoms with Crippen molar-refractivity contribution in [2.24, 2.45) is 0 Å². The predicted molar refractivity (Wildman–Crippen MR) is 156 cm³/mol. The molecule has 0 aliphatic heterocycles. The molecule has 5 aromatic rings. The Labute approximate surface area is 232 Å². The van der Waals surface area contributed by atoms with Gasteiger partial charge in [0.25, 0.3) is 0 Å². The highest BCUT2D eigenvalue weighted by molar-refractivity contribution is 6.00. The molecule has 4 aromatic heterocycles. The number of rotatable bonds is 10. The molecule has 9 heteroatoms. The normalized spacial score (nSPS) is 11.3. The van der Waals surface area contributed by atoms with E-state index in [1.165, 1.54) is 0 Å². The van der Waals surface area contributed by atoms with E-state index >= 15 is 0 Å². The number of aromatic amines is 1. The lowest BCUT2D eigenvalue weighted by Gasteiger charge is -2.12. The Morgan fingerprint density at radius 1 is 1.00 bits per heavy atom. The van der Waals surface area contributed by atoms with Crippen LogP contribution in [-0.2, 0) is 11.4 Å². The molecule has 0 aliphatic rings. The smallest absolute Gasteiger partial charge is 0.248 e. The second-order valence-corrected chi connectivity index (χ2v) is 9.39. The van der Waals surface area contributed by atoms with E-state index in [1.807, 2.05) is 86.0 Å². The number of fused-ring (bicyclic) bond motifs is 1. The van der Waals surface area contributed by atoms with Gasteiger partial charge in [-0.2, -0.15) is 0 Å². The molecule has 0 saturated carbocycles. The van der Waals surface area contributed by atoms with E-state index in [4.69, 9.17) is 9.47 Å². The van der Waals surface area contributed by atoms with Crippen LogP contribution in [0.25, 0.3) is 33.3 Å². The summed E-state index contributed by atoms with van der Waals surface area (Å²) in [6.45, 7) is 0.994. The zero-order valence-corrected chi connectivity index (χ0v) is 22.6. The van der Waals surface area contributed by atoms with Crippen molar-refractivity contribution in [3.63, 3.8) is 0 Å². The third-order valence-electron chi connectivity index (χ3n) is 6.18. The van der Waals surface area contributed by atoms with Crippen LogP contribution in [0.3, 0.4) is 0 Å². The number of H-pyrrole nitrogens is 1. The molecule has 0 fully saturated rings. The summed E-state index contributed by atoms with van der Waals surface area (Å²) in [5.74, 6) is 0.900. The fourth-order valence-electron chi connectivity index (χ4n) is 4.21. The predicted octanol–water partition coefficient (Wildman–Crippen LogP) is 5.33. The highest BCUT2D eigenvalue weighted by Crippen LogP contribution is 2.38. The second-order valence-electron chi connectivity index (χ2n) is 9.39.